The summed E-state index contributed by atoms with van der Waals surface area (Å²) in [5.74, 6) is -1.06. The van der Waals surface area contributed by atoms with Crippen molar-refractivity contribution in [3.05, 3.63) is 54.0 Å². The van der Waals surface area contributed by atoms with Crippen LogP contribution in [-0.4, -0.2) is 36.0 Å². The van der Waals surface area contributed by atoms with E-state index in [1.807, 2.05) is 0 Å². The van der Waals surface area contributed by atoms with Gasteiger partial charge in [0.05, 0.1) is 5.56 Å². The molecule has 3 rings (SSSR count). The number of rotatable bonds is 5. The number of ether oxygens (including phenoxy) is 1. The van der Waals surface area contributed by atoms with Gasteiger partial charge in [-0.2, -0.15) is 0 Å². The van der Waals surface area contributed by atoms with Crippen molar-refractivity contribution in [3.8, 4) is 5.75 Å². The van der Waals surface area contributed by atoms with Crippen molar-refractivity contribution < 1.29 is 18.7 Å². The molecule has 7 nitrogen and oxygen atoms in total. The van der Waals surface area contributed by atoms with Crippen molar-refractivity contribution in [1.29, 1.82) is 0 Å². The van der Waals surface area contributed by atoms with Gasteiger partial charge in [0.15, 0.2) is 17.7 Å². The van der Waals surface area contributed by atoms with Crippen LogP contribution < -0.4 is 20.5 Å². The maximum absolute atomic E-state index is 13.6. The number of piperidine rings is 1. The molecule has 2 heterocycles. The Bertz CT molecular complexity index is 840. The number of carbonyl (C=O) groups excluding carboxylic acids is 2. The van der Waals surface area contributed by atoms with Crippen LogP contribution in [0.5, 0.6) is 5.75 Å². The van der Waals surface area contributed by atoms with E-state index in [0.717, 1.165) is 25.9 Å². The molecule has 1 unspecified atom stereocenters. The van der Waals surface area contributed by atoms with Crippen LogP contribution in [0.2, 0.25) is 0 Å². The smallest absolute Gasteiger partial charge is 0.279 e. The molecule has 1 saturated heterocycles. The highest BCUT2D eigenvalue weighted by Crippen LogP contribution is 2.21. The van der Waals surface area contributed by atoms with Crippen molar-refractivity contribution in [2.45, 2.75) is 32.3 Å². The lowest BCUT2D eigenvalue weighted by Crippen LogP contribution is -2.47. The largest absolute Gasteiger partial charge is 0.478 e. The molecule has 0 radical (unpaired) electrons. The standard InChI is InChI=1S/C20H23FN4O3/c1-14(28-17-10-4-3-9-16(17)21)19(26)23-24-20(27)15-8-7-11-22-18(15)25-12-5-2-6-13-25/h3-4,7-11,14H,2,5-6,12-13H2,1H3,(H,23,26)(H,24,27). The molecule has 2 amide bonds. The lowest BCUT2D eigenvalue weighted by molar-refractivity contribution is -0.128. The Hall–Kier alpha value is -3.16. The Morgan fingerprint density at radius 2 is 1.86 bits per heavy atom. The molecule has 1 aliphatic rings. The fourth-order valence-corrected chi connectivity index (χ4v) is 3.00. The number of hydrogen-bond donors (Lipinski definition) is 2. The summed E-state index contributed by atoms with van der Waals surface area (Å²) in [7, 11) is 0. The molecule has 1 aliphatic heterocycles. The van der Waals surface area contributed by atoms with E-state index < -0.39 is 23.7 Å². The van der Waals surface area contributed by atoms with Gasteiger partial charge in [-0.1, -0.05) is 12.1 Å². The summed E-state index contributed by atoms with van der Waals surface area (Å²) in [5, 5.41) is 0. The monoisotopic (exact) mass is 386 g/mol. The molecule has 28 heavy (non-hydrogen) atoms. The average molecular weight is 386 g/mol. The number of anilines is 1. The number of hydrazine groups is 1. The van der Waals surface area contributed by atoms with Gasteiger partial charge in [0.25, 0.3) is 11.8 Å². The first-order valence-corrected chi connectivity index (χ1v) is 9.27. The first-order chi connectivity index (χ1) is 13.6. The van der Waals surface area contributed by atoms with Crippen LogP contribution in [0.25, 0.3) is 0 Å². The molecule has 1 fully saturated rings. The predicted molar refractivity (Wildman–Crippen MR) is 102 cm³/mol. The summed E-state index contributed by atoms with van der Waals surface area (Å²) in [4.78, 5) is 31.1. The molecule has 1 atom stereocenters. The Morgan fingerprint density at radius 1 is 1.11 bits per heavy atom. The highest BCUT2D eigenvalue weighted by atomic mass is 19.1. The number of pyridine rings is 1. The predicted octanol–water partition coefficient (Wildman–Crippen LogP) is 2.44. The molecular formula is C20H23FN4O3. The van der Waals surface area contributed by atoms with E-state index in [1.165, 1.54) is 31.5 Å². The van der Waals surface area contributed by atoms with Crippen molar-refractivity contribution in [2.75, 3.05) is 18.0 Å². The van der Waals surface area contributed by atoms with E-state index in [4.69, 9.17) is 4.74 Å². The normalized spacial score (nSPS) is 14.9. The average Bonchev–Trinajstić information content (AvgIpc) is 2.74. The quantitative estimate of drug-likeness (QED) is 0.772. The summed E-state index contributed by atoms with van der Waals surface area (Å²) in [6, 6.07) is 9.15. The zero-order valence-corrected chi connectivity index (χ0v) is 15.7. The van der Waals surface area contributed by atoms with Gasteiger partial charge in [-0.25, -0.2) is 9.37 Å². The van der Waals surface area contributed by atoms with Crippen molar-refractivity contribution >= 4 is 17.6 Å². The van der Waals surface area contributed by atoms with Crippen molar-refractivity contribution in [2.24, 2.45) is 0 Å². The molecule has 0 bridgehead atoms. The van der Waals surface area contributed by atoms with Crippen LogP contribution >= 0.6 is 0 Å². The van der Waals surface area contributed by atoms with E-state index in [9.17, 15) is 14.0 Å². The van der Waals surface area contributed by atoms with Gasteiger partial charge in [-0.3, -0.25) is 20.4 Å². The van der Waals surface area contributed by atoms with E-state index in [2.05, 4.69) is 20.7 Å². The Balaban J connectivity index is 1.59. The molecule has 1 aromatic heterocycles. The summed E-state index contributed by atoms with van der Waals surface area (Å²) in [5.41, 5.74) is 5.08. The zero-order chi connectivity index (χ0) is 19.9. The number of para-hydroxylation sites is 1. The van der Waals surface area contributed by atoms with Crippen LogP contribution in [0, 0.1) is 5.82 Å². The number of aromatic nitrogens is 1. The minimum absolute atomic E-state index is 0.0314. The Kier molecular flexibility index (Phi) is 6.41. The lowest BCUT2D eigenvalue weighted by Gasteiger charge is -2.29. The van der Waals surface area contributed by atoms with E-state index in [1.54, 1.807) is 24.4 Å². The van der Waals surface area contributed by atoms with Gasteiger partial charge >= 0.3 is 0 Å². The summed E-state index contributed by atoms with van der Waals surface area (Å²) in [6.07, 6.45) is 3.93. The minimum atomic E-state index is -0.993. The van der Waals surface area contributed by atoms with Crippen LogP contribution in [0.4, 0.5) is 10.2 Å². The maximum Gasteiger partial charge on any atom is 0.279 e. The third kappa shape index (κ3) is 4.76. The maximum atomic E-state index is 13.6. The highest BCUT2D eigenvalue weighted by molar-refractivity contribution is 5.99. The first kappa shape index (κ1) is 19.6. The summed E-state index contributed by atoms with van der Waals surface area (Å²) in [6.45, 7) is 3.16. The highest BCUT2D eigenvalue weighted by Gasteiger charge is 2.21. The van der Waals surface area contributed by atoms with Crippen LogP contribution in [-0.2, 0) is 4.79 Å². The molecule has 8 heteroatoms. The van der Waals surface area contributed by atoms with Gasteiger partial charge in [-0.15, -0.1) is 0 Å². The SMILES string of the molecule is CC(Oc1ccccc1F)C(=O)NNC(=O)c1cccnc1N1CCCCC1. The Labute approximate surface area is 162 Å². The van der Waals surface area contributed by atoms with E-state index >= 15 is 0 Å². The van der Waals surface area contributed by atoms with Crippen LogP contribution in [0.1, 0.15) is 36.5 Å². The van der Waals surface area contributed by atoms with Gasteiger partial charge in [0, 0.05) is 19.3 Å². The summed E-state index contributed by atoms with van der Waals surface area (Å²) < 4.78 is 18.9. The van der Waals surface area contributed by atoms with Crippen LogP contribution in [0.15, 0.2) is 42.6 Å². The molecule has 2 N–H and O–H groups in total. The van der Waals surface area contributed by atoms with Gasteiger partial charge in [-0.05, 0) is 50.5 Å². The fourth-order valence-electron chi connectivity index (χ4n) is 3.00. The summed E-state index contributed by atoms with van der Waals surface area (Å²) >= 11 is 0. The molecule has 0 aliphatic carbocycles. The third-order valence-electron chi connectivity index (χ3n) is 4.50. The third-order valence-corrected chi connectivity index (χ3v) is 4.50. The molecule has 0 spiro atoms. The topological polar surface area (TPSA) is 83.6 Å². The second kappa shape index (κ2) is 9.16. The number of halogens is 1. The van der Waals surface area contributed by atoms with Gasteiger partial charge in [0.2, 0.25) is 0 Å². The van der Waals surface area contributed by atoms with E-state index in [-0.39, 0.29) is 5.75 Å². The number of benzene rings is 1. The van der Waals surface area contributed by atoms with Gasteiger partial charge in [0.1, 0.15) is 5.82 Å². The number of nitrogens with zero attached hydrogens (tertiary/aromatic N) is 2. The van der Waals surface area contributed by atoms with Gasteiger partial charge < -0.3 is 9.64 Å². The second-order valence-electron chi connectivity index (χ2n) is 6.56. The molecule has 0 saturated carbocycles. The number of amides is 2. The first-order valence-electron chi connectivity index (χ1n) is 9.27. The lowest BCUT2D eigenvalue weighted by atomic mass is 10.1. The fraction of sp³-hybridized carbons (Fsp3) is 0.350. The van der Waals surface area contributed by atoms with E-state index in [0.29, 0.717) is 11.4 Å². The minimum Gasteiger partial charge on any atom is -0.478 e. The zero-order valence-electron chi connectivity index (χ0n) is 15.7. The van der Waals surface area contributed by atoms with Crippen LogP contribution in [0.3, 0.4) is 0 Å². The molecule has 1 aromatic carbocycles. The van der Waals surface area contributed by atoms with Crippen molar-refractivity contribution in [3.63, 3.8) is 0 Å². The number of nitrogens with one attached hydrogen (secondary N) is 2. The Morgan fingerprint density at radius 3 is 2.61 bits per heavy atom. The second-order valence-corrected chi connectivity index (χ2v) is 6.56. The van der Waals surface area contributed by atoms with Crippen molar-refractivity contribution in [1.82, 2.24) is 15.8 Å². The number of hydrogen-bond acceptors (Lipinski definition) is 5. The molecule has 148 valence electrons. The number of carbonyl (C=O) groups is 2. The molecule has 2 aromatic rings. The molecular weight excluding hydrogens is 363 g/mol.